The van der Waals surface area contributed by atoms with Gasteiger partial charge in [0.05, 0.1) is 24.5 Å². The molecular formula is C28H27NO7. The molecule has 2 aliphatic rings. The Kier molecular flexibility index (Phi) is 5.74. The summed E-state index contributed by atoms with van der Waals surface area (Å²) < 4.78 is 22.0. The summed E-state index contributed by atoms with van der Waals surface area (Å²) in [6.45, 7) is 6.37. The van der Waals surface area contributed by atoms with E-state index in [1.807, 2.05) is 32.9 Å². The van der Waals surface area contributed by atoms with Gasteiger partial charge < -0.3 is 28.6 Å². The van der Waals surface area contributed by atoms with Gasteiger partial charge in [0.2, 0.25) is 6.79 Å². The molecule has 36 heavy (non-hydrogen) atoms. The second-order valence-corrected chi connectivity index (χ2v) is 9.80. The van der Waals surface area contributed by atoms with Crippen LogP contribution in [0, 0.1) is 0 Å². The number of hydrogen-bond donors (Lipinski definition) is 1. The number of rotatable bonds is 5. The molecule has 1 amide bonds. The molecule has 2 aromatic carbocycles. The predicted molar refractivity (Wildman–Crippen MR) is 131 cm³/mol. The molecule has 3 aromatic rings. The largest absolute Gasteiger partial charge is 0.507 e. The molecule has 1 saturated heterocycles. The number of carbonyl (C=O) groups excluding carboxylic acids is 2. The highest BCUT2D eigenvalue weighted by Crippen LogP contribution is 2.43. The lowest BCUT2D eigenvalue weighted by Gasteiger charge is -2.24. The molecule has 186 valence electrons. The van der Waals surface area contributed by atoms with E-state index in [-0.39, 0.29) is 30.1 Å². The summed E-state index contributed by atoms with van der Waals surface area (Å²) in [5, 5.41) is 11.5. The molecule has 1 aromatic heterocycles. The molecule has 0 saturated carbocycles. The number of likely N-dealkylation sites (tertiary alicyclic amines) is 1. The lowest BCUT2D eigenvalue weighted by atomic mass is 9.85. The Bertz CT molecular complexity index is 1370. The topological polar surface area (TPSA) is 98.4 Å². The van der Waals surface area contributed by atoms with Crippen molar-refractivity contribution in [2.75, 3.05) is 13.9 Å². The fraction of sp³-hybridized carbons (Fsp3) is 0.286. The predicted octanol–water partition coefficient (Wildman–Crippen LogP) is 4.94. The van der Waals surface area contributed by atoms with Gasteiger partial charge in [-0.2, -0.15) is 0 Å². The molecule has 1 atom stereocenters. The summed E-state index contributed by atoms with van der Waals surface area (Å²) in [6, 6.07) is 13.2. The zero-order valence-electron chi connectivity index (χ0n) is 20.5. The number of furan rings is 1. The maximum atomic E-state index is 13.4. The highest BCUT2D eigenvalue weighted by atomic mass is 16.7. The first-order valence-electron chi connectivity index (χ1n) is 11.6. The molecule has 0 spiro atoms. The second-order valence-electron chi connectivity index (χ2n) is 9.80. The number of Topliss-reactive ketones (excluding diaryl/α,β-unsaturated/α-hetero) is 1. The van der Waals surface area contributed by atoms with Crippen LogP contribution in [0.15, 0.2) is 64.8 Å². The van der Waals surface area contributed by atoms with Crippen molar-refractivity contribution in [1.82, 2.24) is 4.90 Å². The van der Waals surface area contributed by atoms with E-state index in [9.17, 15) is 14.7 Å². The van der Waals surface area contributed by atoms with Crippen molar-refractivity contribution in [2.45, 2.75) is 38.8 Å². The number of methoxy groups -OCH3 is 1. The minimum Gasteiger partial charge on any atom is -0.507 e. The number of carbonyl (C=O) groups is 2. The van der Waals surface area contributed by atoms with Gasteiger partial charge in [0.1, 0.15) is 23.3 Å². The Morgan fingerprint density at radius 3 is 2.56 bits per heavy atom. The van der Waals surface area contributed by atoms with Crippen molar-refractivity contribution in [2.24, 2.45) is 0 Å². The van der Waals surface area contributed by atoms with Crippen LogP contribution in [0.2, 0.25) is 0 Å². The quantitative estimate of drug-likeness (QED) is 0.308. The molecule has 3 heterocycles. The SMILES string of the molecule is COc1ccc(C(C)(C)C)cc1/C(O)=C1\C(=O)C(=O)N(Cc2ccc3c(c2)OCO3)C1c1ccco1. The highest BCUT2D eigenvalue weighted by Gasteiger charge is 2.47. The zero-order chi connectivity index (χ0) is 25.6. The third-order valence-electron chi connectivity index (χ3n) is 6.46. The summed E-state index contributed by atoms with van der Waals surface area (Å²) in [7, 11) is 1.49. The van der Waals surface area contributed by atoms with Crippen molar-refractivity contribution in [3.8, 4) is 17.2 Å². The Hall–Kier alpha value is -4.20. The van der Waals surface area contributed by atoms with Gasteiger partial charge in [-0.3, -0.25) is 9.59 Å². The molecular weight excluding hydrogens is 462 g/mol. The number of aliphatic hydroxyl groups is 1. The Labute approximate surface area is 208 Å². The Morgan fingerprint density at radius 1 is 1.08 bits per heavy atom. The van der Waals surface area contributed by atoms with E-state index < -0.39 is 17.7 Å². The third kappa shape index (κ3) is 3.98. The molecule has 8 nitrogen and oxygen atoms in total. The van der Waals surface area contributed by atoms with Crippen LogP contribution < -0.4 is 14.2 Å². The van der Waals surface area contributed by atoms with E-state index >= 15 is 0 Å². The maximum Gasteiger partial charge on any atom is 0.296 e. The summed E-state index contributed by atoms with van der Waals surface area (Å²) in [5.74, 6) is 0.102. The van der Waals surface area contributed by atoms with E-state index in [0.717, 1.165) is 11.1 Å². The normalized spacial score (nSPS) is 18.7. The van der Waals surface area contributed by atoms with Gasteiger partial charge in [-0.1, -0.05) is 32.9 Å². The number of amides is 1. The summed E-state index contributed by atoms with van der Waals surface area (Å²) in [6.07, 6.45) is 1.47. The van der Waals surface area contributed by atoms with E-state index in [1.165, 1.54) is 18.3 Å². The van der Waals surface area contributed by atoms with E-state index in [0.29, 0.717) is 28.6 Å². The molecule has 0 aliphatic carbocycles. The number of benzene rings is 2. The highest BCUT2D eigenvalue weighted by molar-refractivity contribution is 6.46. The Balaban J connectivity index is 1.63. The van der Waals surface area contributed by atoms with Crippen LogP contribution in [-0.2, 0) is 21.5 Å². The first-order valence-corrected chi connectivity index (χ1v) is 11.6. The van der Waals surface area contributed by atoms with Crippen molar-refractivity contribution in [1.29, 1.82) is 0 Å². The van der Waals surface area contributed by atoms with Crippen LogP contribution >= 0.6 is 0 Å². The molecule has 8 heteroatoms. The summed E-state index contributed by atoms with van der Waals surface area (Å²) in [4.78, 5) is 28.0. The van der Waals surface area contributed by atoms with Gasteiger partial charge in [0.15, 0.2) is 11.5 Å². The molecule has 5 rings (SSSR count). The van der Waals surface area contributed by atoms with E-state index in [4.69, 9.17) is 18.6 Å². The van der Waals surface area contributed by atoms with Crippen LogP contribution in [-0.4, -0.2) is 35.6 Å². The van der Waals surface area contributed by atoms with Crippen LogP contribution in [0.1, 0.15) is 49.3 Å². The Morgan fingerprint density at radius 2 is 1.86 bits per heavy atom. The van der Waals surface area contributed by atoms with Crippen LogP contribution in [0.3, 0.4) is 0 Å². The number of ketones is 1. The number of hydrogen-bond acceptors (Lipinski definition) is 7. The molecule has 0 bridgehead atoms. The number of nitrogens with zero attached hydrogens (tertiary/aromatic N) is 1. The van der Waals surface area contributed by atoms with Gasteiger partial charge in [-0.25, -0.2) is 0 Å². The molecule has 1 N–H and O–H groups in total. The van der Waals surface area contributed by atoms with E-state index in [1.54, 1.807) is 36.4 Å². The molecule has 0 radical (unpaired) electrons. The van der Waals surface area contributed by atoms with Crippen molar-refractivity contribution < 1.29 is 33.3 Å². The molecule has 1 unspecified atom stereocenters. The number of ether oxygens (including phenoxy) is 3. The average molecular weight is 490 g/mol. The standard InChI is InChI=1S/C28H27NO7/c1-28(2,3)17-8-10-19(33-4)18(13-17)25(30)23-24(21-6-5-11-34-21)29(27(32)26(23)31)14-16-7-9-20-22(12-16)36-15-35-20/h5-13,24,30H,14-15H2,1-4H3/b25-23+. The molecule has 1 fully saturated rings. The van der Waals surface area contributed by atoms with Crippen LogP contribution in [0.4, 0.5) is 0 Å². The minimum absolute atomic E-state index is 0.0555. The first-order chi connectivity index (χ1) is 17.2. The second kappa shape index (κ2) is 8.78. The zero-order valence-corrected chi connectivity index (χ0v) is 20.5. The number of aliphatic hydroxyl groups excluding tert-OH is 1. The average Bonchev–Trinajstić information content (AvgIpc) is 3.59. The van der Waals surface area contributed by atoms with Gasteiger partial charge in [0.25, 0.3) is 11.7 Å². The van der Waals surface area contributed by atoms with Crippen molar-refractivity contribution >= 4 is 17.4 Å². The fourth-order valence-corrected chi connectivity index (χ4v) is 4.53. The minimum atomic E-state index is -0.923. The lowest BCUT2D eigenvalue weighted by molar-refractivity contribution is -0.140. The van der Waals surface area contributed by atoms with Gasteiger partial charge in [-0.05, 0) is 52.9 Å². The van der Waals surface area contributed by atoms with E-state index in [2.05, 4.69) is 0 Å². The van der Waals surface area contributed by atoms with Gasteiger partial charge >= 0.3 is 0 Å². The number of fused-ring (bicyclic) bond motifs is 1. The maximum absolute atomic E-state index is 13.4. The smallest absolute Gasteiger partial charge is 0.296 e. The van der Waals surface area contributed by atoms with Crippen molar-refractivity contribution in [3.05, 3.63) is 82.8 Å². The van der Waals surface area contributed by atoms with Crippen LogP contribution in [0.5, 0.6) is 17.2 Å². The van der Waals surface area contributed by atoms with Gasteiger partial charge in [0, 0.05) is 6.54 Å². The van der Waals surface area contributed by atoms with Crippen molar-refractivity contribution in [3.63, 3.8) is 0 Å². The summed E-state index contributed by atoms with van der Waals surface area (Å²) in [5.41, 5.74) is 1.74. The fourth-order valence-electron chi connectivity index (χ4n) is 4.53. The van der Waals surface area contributed by atoms with Crippen LogP contribution in [0.25, 0.3) is 5.76 Å². The third-order valence-corrected chi connectivity index (χ3v) is 6.46. The first kappa shape index (κ1) is 23.5. The molecule has 2 aliphatic heterocycles. The summed E-state index contributed by atoms with van der Waals surface area (Å²) >= 11 is 0. The monoisotopic (exact) mass is 489 g/mol. The lowest BCUT2D eigenvalue weighted by Crippen LogP contribution is -2.29. The van der Waals surface area contributed by atoms with Gasteiger partial charge in [-0.15, -0.1) is 0 Å².